The quantitative estimate of drug-likeness (QED) is 0.654. The maximum atomic E-state index is 11.9. The van der Waals surface area contributed by atoms with E-state index in [9.17, 15) is 9.59 Å². The van der Waals surface area contributed by atoms with Gasteiger partial charge in [-0.2, -0.15) is 0 Å². The van der Waals surface area contributed by atoms with Crippen LogP contribution in [0, 0.1) is 11.8 Å². The number of ether oxygens (including phenoxy) is 1. The second-order valence-corrected chi connectivity index (χ2v) is 5.61. The first-order chi connectivity index (χ1) is 8.79. The number of nitrogens with one attached hydrogen (secondary N) is 2. The molecule has 0 saturated carbocycles. The summed E-state index contributed by atoms with van der Waals surface area (Å²) in [7, 11) is 1.35. The van der Waals surface area contributed by atoms with Crippen LogP contribution in [0.2, 0.25) is 0 Å². The van der Waals surface area contributed by atoms with Gasteiger partial charge >= 0.3 is 5.97 Å². The number of carbonyl (C=O) groups is 2. The number of esters is 1. The number of methoxy groups -OCH3 is 1. The first-order valence-corrected chi connectivity index (χ1v) is 6.91. The van der Waals surface area contributed by atoms with Crippen LogP contribution in [0.15, 0.2) is 0 Å². The Hall–Kier alpha value is -1.10. The molecule has 0 spiro atoms. The van der Waals surface area contributed by atoms with E-state index in [4.69, 9.17) is 4.74 Å². The lowest BCUT2D eigenvalue weighted by Crippen LogP contribution is -2.51. The number of rotatable bonds is 8. The largest absolute Gasteiger partial charge is 0.468 e. The Bertz CT molecular complexity index is 290. The van der Waals surface area contributed by atoms with E-state index in [0.717, 1.165) is 6.42 Å². The van der Waals surface area contributed by atoms with Crippen LogP contribution in [0.5, 0.6) is 0 Å². The van der Waals surface area contributed by atoms with Crippen LogP contribution in [0.1, 0.15) is 41.0 Å². The zero-order chi connectivity index (χ0) is 15.0. The maximum absolute atomic E-state index is 11.9. The number of hydrogen-bond donors (Lipinski definition) is 2. The van der Waals surface area contributed by atoms with Gasteiger partial charge in [0.2, 0.25) is 5.91 Å². The summed E-state index contributed by atoms with van der Waals surface area (Å²) >= 11 is 0. The lowest BCUT2D eigenvalue weighted by atomic mass is 10.0. The molecule has 0 heterocycles. The third-order valence-corrected chi connectivity index (χ3v) is 2.97. The lowest BCUT2D eigenvalue weighted by Gasteiger charge is -2.23. The highest BCUT2D eigenvalue weighted by molar-refractivity contribution is 5.83. The van der Waals surface area contributed by atoms with Gasteiger partial charge in [0.05, 0.1) is 13.2 Å². The van der Waals surface area contributed by atoms with E-state index in [2.05, 4.69) is 24.5 Å². The van der Waals surface area contributed by atoms with Crippen LogP contribution >= 0.6 is 0 Å². The van der Waals surface area contributed by atoms with Crippen molar-refractivity contribution >= 4 is 11.9 Å². The lowest BCUT2D eigenvalue weighted by molar-refractivity contribution is -0.144. The monoisotopic (exact) mass is 272 g/mol. The summed E-state index contributed by atoms with van der Waals surface area (Å²) in [6.07, 6.45) is 0.947. The van der Waals surface area contributed by atoms with Crippen molar-refractivity contribution < 1.29 is 14.3 Å². The standard InChI is InChI=1S/C14H28N2O3/c1-9(2)7-8-15-13(17)11(5)16-12(10(3)4)14(18)19-6/h9-12,16H,7-8H2,1-6H3,(H,15,17). The molecule has 0 saturated heterocycles. The summed E-state index contributed by atoms with van der Waals surface area (Å²) in [4.78, 5) is 23.5. The molecular weight excluding hydrogens is 244 g/mol. The van der Waals surface area contributed by atoms with E-state index in [-0.39, 0.29) is 17.8 Å². The van der Waals surface area contributed by atoms with Crippen molar-refractivity contribution in [1.29, 1.82) is 0 Å². The molecule has 2 atom stereocenters. The number of amides is 1. The normalized spacial score (nSPS) is 14.3. The van der Waals surface area contributed by atoms with E-state index in [1.54, 1.807) is 6.92 Å². The molecule has 2 unspecified atom stereocenters. The number of carbonyl (C=O) groups excluding carboxylic acids is 2. The molecule has 112 valence electrons. The van der Waals surface area contributed by atoms with E-state index in [1.807, 2.05) is 13.8 Å². The minimum absolute atomic E-state index is 0.0679. The highest BCUT2D eigenvalue weighted by atomic mass is 16.5. The van der Waals surface area contributed by atoms with Crippen molar-refractivity contribution in [3.8, 4) is 0 Å². The molecule has 0 aliphatic heterocycles. The van der Waals surface area contributed by atoms with Crippen molar-refractivity contribution in [2.24, 2.45) is 11.8 Å². The van der Waals surface area contributed by atoms with Gasteiger partial charge in [0.15, 0.2) is 0 Å². The first-order valence-electron chi connectivity index (χ1n) is 6.91. The van der Waals surface area contributed by atoms with Crippen LogP contribution in [-0.2, 0) is 14.3 Å². The van der Waals surface area contributed by atoms with Crippen LogP contribution < -0.4 is 10.6 Å². The van der Waals surface area contributed by atoms with E-state index < -0.39 is 12.1 Å². The molecule has 2 N–H and O–H groups in total. The maximum Gasteiger partial charge on any atom is 0.323 e. The van der Waals surface area contributed by atoms with Crippen molar-refractivity contribution in [3.05, 3.63) is 0 Å². The van der Waals surface area contributed by atoms with Crippen LogP contribution in [0.3, 0.4) is 0 Å². The van der Waals surface area contributed by atoms with Crippen LogP contribution in [0.25, 0.3) is 0 Å². The zero-order valence-corrected chi connectivity index (χ0v) is 12.9. The molecule has 0 aliphatic rings. The topological polar surface area (TPSA) is 67.4 Å². The van der Waals surface area contributed by atoms with Gasteiger partial charge in [-0.25, -0.2) is 0 Å². The Morgan fingerprint density at radius 2 is 1.68 bits per heavy atom. The molecule has 0 aromatic carbocycles. The van der Waals surface area contributed by atoms with Gasteiger partial charge in [0.25, 0.3) is 0 Å². The Morgan fingerprint density at radius 1 is 1.11 bits per heavy atom. The molecular formula is C14H28N2O3. The molecule has 0 aromatic heterocycles. The van der Waals surface area contributed by atoms with Crippen molar-refractivity contribution in [1.82, 2.24) is 10.6 Å². The molecule has 0 aromatic rings. The van der Waals surface area contributed by atoms with Gasteiger partial charge in [0, 0.05) is 6.54 Å². The molecule has 5 heteroatoms. The minimum Gasteiger partial charge on any atom is -0.468 e. The smallest absolute Gasteiger partial charge is 0.323 e. The Labute approximate surface area is 116 Å². The summed E-state index contributed by atoms with van der Waals surface area (Å²) in [5, 5.41) is 5.88. The fourth-order valence-corrected chi connectivity index (χ4v) is 1.64. The Balaban J connectivity index is 4.28. The second-order valence-electron chi connectivity index (χ2n) is 5.61. The molecule has 0 radical (unpaired) electrons. The molecule has 5 nitrogen and oxygen atoms in total. The third kappa shape index (κ3) is 7.15. The first kappa shape index (κ1) is 17.9. The highest BCUT2D eigenvalue weighted by Gasteiger charge is 2.26. The molecule has 0 fully saturated rings. The molecule has 0 rings (SSSR count). The van der Waals surface area contributed by atoms with Crippen LogP contribution in [0.4, 0.5) is 0 Å². The predicted molar refractivity (Wildman–Crippen MR) is 75.7 cm³/mol. The summed E-state index contributed by atoms with van der Waals surface area (Å²) in [5.41, 5.74) is 0. The van der Waals surface area contributed by atoms with Crippen LogP contribution in [-0.4, -0.2) is 37.6 Å². The zero-order valence-electron chi connectivity index (χ0n) is 12.9. The fraction of sp³-hybridized carbons (Fsp3) is 0.857. The molecule has 0 bridgehead atoms. The van der Waals surface area contributed by atoms with Crippen molar-refractivity contribution in [2.75, 3.05) is 13.7 Å². The molecule has 19 heavy (non-hydrogen) atoms. The second kappa shape index (κ2) is 8.91. The summed E-state index contributed by atoms with van der Waals surface area (Å²) in [5.74, 6) is 0.201. The van der Waals surface area contributed by atoms with Crippen molar-refractivity contribution in [2.45, 2.75) is 53.1 Å². The molecule has 0 aliphatic carbocycles. The fourth-order valence-electron chi connectivity index (χ4n) is 1.64. The highest BCUT2D eigenvalue weighted by Crippen LogP contribution is 2.05. The van der Waals surface area contributed by atoms with E-state index >= 15 is 0 Å². The van der Waals surface area contributed by atoms with E-state index in [0.29, 0.717) is 12.5 Å². The Kier molecular flexibility index (Phi) is 8.39. The average Bonchev–Trinajstić information content (AvgIpc) is 2.33. The van der Waals surface area contributed by atoms with Gasteiger partial charge in [-0.15, -0.1) is 0 Å². The number of hydrogen-bond acceptors (Lipinski definition) is 4. The SMILES string of the molecule is COC(=O)C(NC(C)C(=O)NCCC(C)C)C(C)C. The van der Waals surface area contributed by atoms with E-state index in [1.165, 1.54) is 7.11 Å². The summed E-state index contributed by atoms with van der Waals surface area (Å²) in [6, 6.07) is -0.880. The third-order valence-electron chi connectivity index (χ3n) is 2.97. The summed E-state index contributed by atoms with van der Waals surface area (Å²) < 4.78 is 4.73. The van der Waals surface area contributed by atoms with Gasteiger partial charge in [0.1, 0.15) is 6.04 Å². The minimum atomic E-state index is -0.462. The van der Waals surface area contributed by atoms with Gasteiger partial charge in [-0.3, -0.25) is 14.9 Å². The Morgan fingerprint density at radius 3 is 2.11 bits per heavy atom. The summed E-state index contributed by atoms with van der Waals surface area (Å²) in [6.45, 7) is 10.5. The van der Waals surface area contributed by atoms with Crippen molar-refractivity contribution in [3.63, 3.8) is 0 Å². The average molecular weight is 272 g/mol. The van der Waals surface area contributed by atoms with Gasteiger partial charge in [-0.1, -0.05) is 27.7 Å². The van der Waals surface area contributed by atoms with Gasteiger partial charge < -0.3 is 10.1 Å². The predicted octanol–water partition coefficient (Wildman–Crippen LogP) is 1.32. The molecule has 1 amide bonds. The van der Waals surface area contributed by atoms with Gasteiger partial charge in [-0.05, 0) is 25.2 Å².